The Bertz CT molecular complexity index is 280. The molecular formula is C15H28N2O. The summed E-state index contributed by atoms with van der Waals surface area (Å²) in [6.07, 6.45) is 8.39. The van der Waals surface area contributed by atoms with Gasteiger partial charge in [-0.05, 0) is 50.0 Å². The van der Waals surface area contributed by atoms with Gasteiger partial charge in [0.05, 0.1) is 0 Å². The van der Waals surface area contributed by atoms with Crippen LogP contribution in [0, 0.1) is 23.7 Å². The molecule has 4 atom stereocenters. The van der Waals surface area contributed by atoms with Crippen LogP contribution >= 0.6 is 0 Å². The summed E-state index contributed by atoms with van der Waals surface area (Å²) in [5, 5.41) is 3.19. The molecule has 0 saturated heterocycles. The van der Waals surface area contributed by atoms with Gasteiger partial charge in [0.25, 0.3) is 0 Å². The van der Waals surface area contributed by atoms with E-state index in [0.717, 1.165) is 31.8 Å². The Hall–Kier alpha value is -0.570. The van der Waals surface area contributed by atoms with Gasteiger partial charge in [-0.3, -0.25) is 4.79 Å². The third-order valence-electron chi connectivity index (χ3n) is 5.06. The Balaban J connectivity index is 1.73. The molecule has 0 bridgehead atoms. The van der Waals surface area contributed by atoms with E-state index in [4.69, 9.17) is 5.73 Å². The standard InChI is InChI=1S/C15H28N2O/c1-11-4-2-7-14(11)10-17-15(18)13-6-3-5-12(8-13)9-16/h11-14H,2-10,16H2,1H3,(H,17,18). The van der Waals surface area contributed by atoms with Crippen LogP contribution in [0.15, 0.2) is 0 Å². The average Bonchev–Trinajstić information content (AvgIpc) is 2.81. The zero-order valence-corrected chi connectivity index (χ0v) is 11.7. The minimum absolute atomic E-state index is 0.226. The lowest BCUT2D eigenvalue weighted by molar-refractivity contribution is -0.126. The molecule has 3 heteroatoms. The third kappa shape index (κ3) is 3.47. The van der Waals surface area contributed by atoms with Gasteiger partial charge in [0.15, 0.2) is 0 Å². The van der Waals surface area contributed by atoms with Crippen molar-refractivity contribution in [1.82, 2.24) is 5.32 Å². The third-order valence-corrected chi connectivity index (χ3v) is 5.06. The molecule has 2 aliphatic rings. The van der Waals surface area contributed by atoms with Crippen molar-refractivity contribution in [2.75, 3.05) is 13.1 Å². The van der Waals surface area contributed by atoms with Crippen LogP contribution in [0.3, 0.4) is 0 Å². The van der Waals surface area contributed by atoms with Crippen LogP contribution in [0.4, 0.5) is 0 Å². The van der Waals surface area contributed by atoms with Gasteiger partial charge in [0, 0.05) is 12.5 Å². The molecule has 2 saturated carbocycles. The van der Waals surface area contributed by atoms with Crippen molar-refractivity contribution >= 4 is 5.91 Å². The van der Waals surface area contributed by atoms with Gasteiger partial charge < -0.3 is 11.1 Å². The molecule has 2 fully saturated rings. The second kappa shape index (κ2) is 6.55. The van der Waals surface area contributed by atoms with E-state index < -0.39 is 0 Å². The molecule has 18 heavy (non-hydrogen) atoms. The summed E-state index contributed by atoms with van der Waals surface area (Å²) in [6.45, 7) is 3.95. The molecule has 0 aromatic heterocycles. The summed E-state index contributed by atoms with van der Waals surface area (Å²) in [5.74, 6) is 2.58. The number of nitrogens with two attached hydrogens (primary N) is 1. The predicted octanol–water partition coefficient (Wildman–Crippen LogP) is 2.30. The van der Waals surface area contributed by atoms with Gasteiger partial charge in [0.1, 0.15) is 0 Å². The fourth-order valence-corrected chi connectivity index (χ4v) is 3.64. The van der Waals surface area contributed by atoms with Crippen molar-refractivity contribution in [3.05, 3.63) is 0 Å². The lowest BCUT2D eigenvalue weighted by atomic mass is 9.81. The molecule has 104 valence electrons. The largest absolute Gasteiger partial charge is 0.356 e. The first-order valence-electron chi connectivity index (χ1n) is 7.68. The van der Waals surface area contributed by atoms with Crippen molar-refractivity contribution in [3.8, 4) is 0 Å². The molecule has 3 N–H and O–H groups in total. The normalized spacial score (nSPS) is 36.6. The second-order valence-corrected chi connectivity index (χ2v) is 6.38. The van der Waals surface area contributed by atoms with Crippen LogP contribution in [0.5, 0.6) is 0 Å². The van der Waals surface area contributed by atoms with Crippen LogP contribution in [0.25, 0.3) is 0 Å². The number of hydrogen-bond donors (Lipinski definition) is 2. The number of amides is 1. The van der Waals surface area contributed by atoms with Crippen LogP contribution in [0.2, 0.25) is 0 Å². The molecule has 0 heterocycles. The predicted molar refractivity (Wildman–Crippen MR) is 74.0 cm³/mol. The van der Waals surface area contributed by atoms with Crippen molar-refractivity contribution in [2.24, 2.45) is 29.4 Å². The van der Waals surface area contributed by atoms with Crippen LogP contribution in [0.1, 0.15) is 51.9 Å². The van der Waals surface area contributed by atoms with Crippen LogP contribution < -0.4 is 11.1 Å². The van der Waals surface area contributed by atoms with E-state index in [-0.39, 0.29) is 11.8 Å². The Morgan fingerprint density at radius 2 is 2.00 bits per heavy atom. The zero-order chi connectivity index (χ0) is 13.0. The van der Waals surface area contributed by atoms with Crippen LogP contribution in [-0.2, 0) is 4.79 Å². The molecular weight excluding hydrogens is 224 g/mol. The first-order chi connectivity index (χ1) is 8.70. The van der Waals surface area contributed by atoms with E-state index in [1.807, 2.05) is 0 Å². The smallest absolute Gasteiger partial charge is 0.223 e. The first-order valence-corrected chi connectivity index (χ1v) is 7.68. The fourth-order valence-electron chi connectivity index (χ4n) is 3.64. The molecule has 3 nitrogen and oxygen atoms in total. The van der Waals surface area contributed by atoms with Gasteiger partial charge in [0.2, 0.25) is 5.91 Å². The van der Waals surface area contributed by atoms with Crippen molar-refractivity contribution in [2.45, 2.75) is 51.9 Å². The molecule has 4 unspecified atom stereocenters. The Morgan fingerprint density at radius 3 is 2.67 bits per heavy atom. The summed E-state index contributed by atoms with van der Waals surface area (Å²) in [6, 6.07) is 0. The van der Waals surface area contributed by atoms with Gasteiger partial charge in [-0.1, -0.05) is 26.2 Å². The van der Waals surface area contributed by atoms with Crippen molar-refractivity contribution in [1.29, 1.82) is 0 Å². The second-order valence-electron chi connectivity index (χ2n) is 6.38. The SMILES string of the molecule is CC1CCCC1CNC(=O)C1CCCC(CN)C1. The summed E-state index contributed by atoms with van der Waals surface area (Å²) in [4.78, 5) is 12.2. The maximum Gasteiger partial charge on any atom is 0.223 e. The highest BCUT2D eigenvalue weighted by atomic mass is 16.1. The summed E-state index contributed by atoms with van der Waals surface area (Å²) < 4.78 is 0. The van der Waals surface area contributed by atoms with E-state index in [1.165, 1.54) is 32.1 Å². The Labute approximate surface area is 111 Å². The first kappa shape index (κ1) is 13.9. The highest BCUT2D eigenvalue weighted by Gasteiger charge is 2.28. The minimum Gasteiger partial charge on any atom is -0.356 e. The molecule has 0 radical (unpaired) electrons. The highest BCUT2D eigenvalue weighted by Crippen LogP contribution is 2.31. The number of carbonyl (C=O) groups excluding carboxylic acids is 1. The van der Waals surface area contributed by atoms with Crippen molar-refractivity contribution < 1.29 is 4.79 Å². The number of nitrogens with one attached hydrogen (secondary N) is 1. The number of carbonyl (C=O) groups is 1. The lowest BCUT2D eigenvalue weighted by Crippen LogP contribution is -2.38. The van der Waals surface area contributed by atoms with Gasteiger partial charge in [-0.25, -0.2) is 0 Å². The highest BCUT2D eigenvalue weighted by molar-refractivity contribution is 5.78. The van der Waals surface area contributed by atoms with E-state index in [1.54, 1.807) is 0 Å². The molecule has 1 amide bonds. The number of hydrogen-bond acceptors (Lipinski definition) is 2. The Morgan fingerprint density at radius 1 is 1.22 bits per heavy atom. The molecule has 0 aromatic carbocycles. The minimum atomic E-state index is 0.226. The topological polar surface area (TPSA) is 55.1 Å². The van der Waals surface area contributed by atoms with Crippen LogP contribution in [-0.4, -0.2) is 19.0 Å². The molecule has 0 aromatic rings. The van der Waals surface area contributed by atoms with Gasteiger partial charge >= 0.3 is 0 Å². The maximum atomic E-state index is 12.2. The summed E-state index contributed by atoms with van der Waals surface area (Å²) in [7, 11) is 0. The summed E-state index contributed by atoms with van der Waals surface area (Å²) >= 11 is 0. The maximum absolute atomic E-state index is 12.2. The van der Waals surface area contributed by atoms with E-state index in [2.05, 4.69) is 12.2 Å². The fraction of sp³-hybridized carbons (Fsp3) is 0.933. The van der Waals surface area contributed by atoms with E-state index >= 15 is 0 Å². The van der Waals surface area contributed by atoms with Gasteiger partial charge in [-0.15, -0.1) is 0 Å². The van der Waals surface area contributed by atoms with E-state index in [9.17, 15) is 4.79 Å². The molecule has 2 aliphatic carbocycles. The molecule has 2 rings (SSSR count). The van der Waals surface area contributed by atoms with Gasteiger partial charge in [-0.2, -0.15) is 0 Å². The zero-order valence-electron chi connectivity index (χ0n) is 11.7. The Kier molecular flexibility index (Phi) is 5.04. The number of rotatable bonds is 4. The molecule has 0 aliphatic heterocycles. The monoisotopic (exact) mass is 252 g/mol. The lowest BCUT2D eigenvalue weighted by Gasteiger charge is -2.28. The summed E-state index contributed by atoms with van der Waals surface area (Å²) in [5.41, 5.74) is 5.73. The van der Waals surface area contributed by atoms with Crippen molar-refractivity contribution in [3.63, 3.8) is 0 Å². The molecule has 0 spiro atoms. The average molecular weight is 252 g/mol. The van der Waals surface area contributed by atoms with E-state index in [0.29, 0.717) is 11.8 Å². The quantitative estimate of drug-likeness (QED) is 0.806.